The Hall–Kier alpha value is -2.34. The smallest absolute Gasteiger partial charge is 0.255 e. The van der Waals surface area contributed by atoms with Crippen LogP contribution < -0.4 is 11.1 Å². The van der Waals surface area contributed by atoms with E-state index >= 15 is 0 Å². The Morgan fingerprint density at radius 3 is 2.62 bits per heavy atom. The van der Waals surface area contributed by atoms with Gasteiger partial charge in [0.05, 0.1) is 6.54 Å². The second-order valence-electron chi connectivity index (χ2n) is 6.78. The van der Waals surface area contributed by atoms with Crippen molar-refractivity contribution in [2.75, 3.05) is 22.6 Å². The Balaban J connectivity index is 1.76. The minimum Gasteiger partial charge on any atom is -0.399 e. The zero-order chi connectivity index (χ0) is 18.7. The molecule has 138 valence electrons. The van der Waals surface area contributed by atoms with Gasteiger partial charge in [-0.25, -0.2) is 8.57 Å². The van der Waals surface area contributed by atoms with Crippen LogP contribution in [0.1, 0.15) is 39.9 Å². The number of carbonyl (C=O) groups is 1. The molecule has 5 nitrogen and oxygen atoms in total. The van der Waals surface area contributed by atoms with E-state index in [1.54, 1.807) is 12.1 Å². The van der Waals surface area contributed by atoms with Crippen molar-refractivity contribution < 1.29 is 9.00 Å². The summed E-state index contributed by atoms with van der Waals surface area (Å²) in [4.78, 5) is 12.6. The van der Waals surface area contributed by atoms with Gasteiger partial charge in [0.2, 0.25) is 0 Å². The first-order chi connectivity index (χ1) is 12.4. The molecule has 0 unspecified atom stereocenters. The lowest BCUT2D eigenvalue weighted by atomic mass is 10.0. The Labute approximate surface area is 155 Å². The Morgan fingerprint density at radius 1 is 1.15 bits per heavy atom. The summed E-state index contributed by atoms with van der Waals surface area (Å²) in [5.74, 6) is 1.25. The number of carbonyl (C=O) groups excluding carboxylic acids is 1. The molecule has 2 aromatic rings. The zero-order valence-corrected chi connectivity index (χ0v) is 16.1. The highest BCUT2D eigenvalue weighted by molar-refractivity contribution is 7.93. The van der Waals surface area contributed by atoms with Crippen LogP contribution in [0.15, 0.2) is 40.8 Å². The number of nitrogens with two attached hydrogens (primary N) is 1. The third kappa shape index (κ3) is 4.07. The fourth-order valence-corrected chi connectivity index (χ4v) is 5.27. The van der Waals surface area contributed by atoms with Gasteiger partial charge in [0.15, 0.2) is 0 Å². The monoisotopic (exact) mass is 371 g/mol. The van der Waals surface area contributed by atoms with Gasteiger partial charge in [0.25, 0.3) is 5.91 Å². The number of nitrogens with one attached hydrogen (secondary N) is 1. The summed E-state index contributed by atoms with van der Waals surface area (Å²) in [7, 11) is -2.02. The van der Waals surface area contributed by atoms with E-state index in [4.69, 9.17) is 5.73 Å². The van der Waals surface area contributed by atoms with Gasteiger partial charge in [-0.15, -0.1) is 0 Å². The zero-order valence-electron chi connectivity index (χ0n) is 15.2. The molecule has 1 heterocycles. The summed E-state index contributed by atoms with van der Waals surface area (Å²) >= 11 is 0. The highest BCUT2D eigenvalue weighted by Crippen LogP contribution is 2.21. The second kappa shape index (κ2) is 7.50. The minimum absolute atomic E-state index is 0.165. The van der Waals surface area contributed by atoms with Crippen LogP contribution in [0, 0.1) is 13.8 Å². The van der Waals surface area contributed by atoms with Gasteiger partial charge in [-0.3, -0.25) is 4.79 Å². The van der Waals surface area contributed by atoms with Crippen molar-refractivity contribution in [2.45, 2.75) is 33.2 Å². The fourth-order valence-electron chi connectivity index (χ4n) is 3.11. The number of benzene rings is 2. The summed E-state index contributed by atoms with van der Waals surface area (Å²) in [6.45, 7) is 4.23. The quantitative estimate of drug-likeness (QED) is 0.799. The number of anilines is 2. The maximum absolute atomic E-state index is 12.6. The molecule has 0 aliphatic carbocycles. The Bertz CT molecular complexity index is 948. The summed E-state index contributed by atoms with van der Waals surface area (Å²) in [6.07, 6.45) is 2.00. The van der Waals surface area contributed by atoms with Gasteiger partial charge in [0, 0.05) is 38.2 Å². The van der Waals surface area contributed by atoms with Crippen LogP contribution in [0.4, 0.5) is 11.4 Å². The third-order valence-corrected chi connectivity index (χ3v) is 7.37. The van der Waals surface area contributed by atoms with Gasteiger partial charge in [0.1, 0.15) is 0 Å². The standard InChI is InChI=1S/C20H25N3O2S/c1-14-15(2)19(21)9-8-18(14)20(24)23-17-7-5-6-16(12-17)13-22-26(25)10-3-4-11-26/h5-9,12H,3-4,10-11,13,21H2,1-2H3,(H,23,24). The lowest BCUT2D eigenvalue weighted by Crippen LogP contribution is -2.14. The van der Waals surface area contributed by atoms with Crippen LogP contribution >= 0.6 is 0 Å². The molecule has 1 fully saturated rings. The van der Waals surface area contributed by atoms with E-state index in [9.17, 15) is 9.00 Å². The van der Waals surface area contributed by atoms with Gasteiger partial charge >= 0.3 is 0 Å². The number of nitrogens with zero attached hydrogens (tertiary/aromatic N) is 1. The highest BCUT2D eigenvalue weighted by Gasteiger charge is 2.16. The molecule has 0 aromatic heterocycles. The molecule has 1 aliphatic rings. The molecule has 0 spiro atoms. The summed E-state index contributed by atoms with van der Waals surface area (Å²) in [6, 6.07) is 11.1. The molecule has 0 bridgehead atoms. The molecular weight excluding hydrogens is 346 g/mol. The first-order valence-electron chi connectivity index (χ1n) is 8.82. The average molecular weight is 372 g/mol. The van der Waals surface area contributed by atoms with E-state index in [0.717, 1.165) is 29.5 Å². The van der Waals surface area contributed by atoms with Gasteiger partial charge in [-0.05, 0) is 67.6 Å². The molecule has 2 aromatic carbocycles. The van der Waals surface area contributed by atoms with Crippen molar-refractivity contribution in [3.63, 3.8) is 0 Å². The molecule has 0 radical (unpaired) electrons. The number of rotatable bonds is 4. The van der Waals surface area contributed by atoms with E-state index in [1.165, 1.54) is 0 Å². The van der Waals surface area contributed by atoms with Gasteiger partial charge < -0.3 is 11.1 Å². The molecular formula is C20H25N3O2S. The fraction of sp³-hybridized carbons (Fsp3) is 0.350. The van der Waals surface area contributed by atoms with Crippen molar-refractivity contribution >= 4 is 27.0 Å². The first-order valence-corrected chi connectivity index (χ1v) is 10.7. The molecule has 1 aliphatic heterocycles. The molecule has 6 heteroatoms. The average Bonchev–Trinajstić information content (AvgIpc) is 3.05. The summed E-state index contributed by atoms with van der Waals surface area (Å²) in [5.41, 5.74) is 10.6. The van der Waals surface area contributed by atoms with Crippen LogP contribution in [0.25, 0.3) is 0 Å². The number of hydrogen-bond donors (Lipinski definition) is 2. The highest BCUT2D eigenvalue weighted by atomic mass is 32.2. The molecule has 0 saturated carbocycles. The Kier molecular flexibility index (Phi) is 5.32. The third-order valence-electron chi connectivity index (χ3n) is 4.92. The molecule has 1 amide bonds. The van der Waals surface area contributed by atoms with Crippen molar-refractivity contribution in [1.82, 2.24) is 0 Å². The largest absolute Gasteiger partial charge is 0.399 e. The summed E-state index contributed by atoms with van der Waals surface area (Å²) in [5, 5.41) is 2.93. The predicted octanol–water partition coefficient (Wildman–Crippen LogP) is 3.90. The SMILES string of the molecule is Cc1c(N)ccc(C(=O)Nc2cccc(CN=S3(=O)CCCC3)c2)c1C. The predicted molar refractivity (Wildman–Crippen MR) is 108 cm³/mol. The van der Waals surface area contributed by atoms with Crippen LogP contribution in [0.3, 0.4) is 0 Å². The topological polar surface area (TPSA) is 84.6 Å². The minimum atomic E-state index is -2.02. The van der Waals surface area contributed by atoms with E-state index in [2.05, 4.69) is 9.68 Å². The van der Waals surface area contributed by atoms with Crippen molar-refractivity contribution in [3.05, 3.63) is 58.7 Å². The number of amides is 1. The van der Waals surface area contributed by atoms with Crippen molar-refractivity contribution in [3.8, 4) is 0 Å². The van der Waals surface area contributed by atoms with E-state index in [0.29, 0.717) is 35.0 Å². The second-order valence-corrected chi connectivity index (χ2v) is 9.40. The normalized spacial score (nSPS) is 15.6. The lowest BCUT2D eigenvalue weighted by Gasteiger charge is -2.12. The van der Waals surface area contributed by atoms with Gasteiger partial charge in [-0.1, -0.05) is 12.1 Å². The van der Waals surface area contributed by atoms with E-state index < -0.39 is 9.73 Å². The molecule has 1 saturated heterocycles. The van der Waals surface area contributed by atoms with Crippen LogP contribution in [0.2, 0.25) is 0 Å². The number of nitrogen functional groups attached to an aromatic ring is 1. The maximum atomic E-state index is 12.6. The first kappa shape index (κ1) is 18.5. The van der Waals surface area contributed by atoms with Crippen molar-refractivity contribution in [2.24, 2.45) is 4.36 Å². The summed E-state index contributed by atoms with van der Waals surface area (Å²) < 4.78 is 16.9. The van der Waals surface area contributed by atoms with Crippen LogP contribution in [0.5, 0.6) is 0 Å². The van der Waals surface area contributed by atoms with Crippen molar-refractivity contribution in [1.29, 1.82) is 0 Å². The van der Waals surface area contributed by atoms with E-state index in [-0.39, 0.29) is 5.91 Å². The number of hydrogen-bond acceptors (Lipinski definition) is 4. The molecule has 26 heavy (non-hydrogen) atoms. The van der Waals surface area contributed by atoms with Crippen LogP contribution in [-0.4, -0.2) is 21.6 Å². The van der Waals surface area contributed by atoms with E-state index in [1.807, 2.05) is 38.1 Å². The molecule has 3 N–H and O–H groups in total. The Morgan fingerprint density at radius 2 is 1.88 bits per heavy atom. The molecule has 0 atom stereocenters. The lowest BCUT2D eigenvalue weighted by molar-refractivity contribution is 0.102. The van der Waals surface area contributed by atoms with Crippen LogP contribution in [-0.2, 0) is 16.3 Å². The molecule has 3 rings (SSSR count). The maximum Gasteiger partial charge on any atom is 0.255 e. The van der Waals surface area contributed by atoms with Gasteiger partial charge in [-0.2, -0.15) is 0 Å².